The van der Waals surface area contributed by atoms with E-state index in [1.165, 1.54) is 21.9 Å². The molecule has 0 atom stereocenters. The van der Waals surface area contributed by atoms with Gasteiger partial charge in [-0.25, -0.2) is 4.98 Å². The van der Waals surface area contributed by atoms with Crippen molar-refractivity contribution in [1.82, 2.24) is 4.98 Å². The normalized spacial score (nSPS) is 16.3. The Hall–Kier alpha value is -2.54. The summed E-state index contributed by atoms with van der Waals surface area (Å²) in [4.78, 5) is 9.69. The molecule has 0 radical (unpaired) electrons. The van der Waals surface area contributed by atoms with E-state index in [1.54, 1.807) is 0 Å². The minimum atomic E-state index is -4.31. The van der Waals surface area contributed by atoms with Gasteiger partial charge in [-0.3, -0.25) is 4.90 Å². The quantitative estimate of drug-likeness (QED) is 0.734. The van der Waals surface area contributed by atoms with E-state index in [9.17, 15) is 13.2 Å². The second kappa shape index (κ2) is 6.64. The van der Waals surface area contributed by atoms with Crippen LogP contribution in [0.5, 0.6) is 0 Å². The number of pyridine rings is 1. The van der Waals surface area contributed by atoms with Gasteiger partial charge in [-0.2, -0.15) is 13.2 Å². The maximum absolute atomic E-state index is 12.7. The minimum absolute atomic E-state index is 0.648. The number of piperazine rings is 1. The van der Waals surface area contributed by atoms with Gasteiger partial charge in [-0.15, -0.1) is 0 Å². The molecule has 0 amide bonds. The number of alkyl halides is 3. The van der Waals surface area contributed by atoms with Crippen LogP contribution in [0.15, 0.2) is 48.8 Å². The Labute approximate surface area is 149 Å². The van der Waals surface area contributed by atoms with Crippen LogP contribution in [0.1, 0.15) is 11.1 Å². The van der Waals surface area contributed by atoms with Gasteiger partial charge in [0.2, 0.25) is 0 Å². The van der Waals surface area contributed by atoms with E-state index in [2.05, 4.69) is 33.2 Å². The number of nitrogens with one attached hydrogen (secondary N) is 3. The highest BCUT2D eigenvalue weighted by Crippen LogP contribution is 2.28. The minimum Gasteiger partial charge on any atom is -0.361 e. The van der Waals surface area contributed by atoms with Crippen LogP contribution >= 0.6 is 0 Å². The van der Waals surface area contributed by atoms with Crippen molar-refractivity contribution in [3.8, 4) is 0 Å². The molecule has 2 aromatic heterocycles. The lowest BCUT2D eigenvalue weighted by Crippen LogP contribution is -3.13. The fraction of sp³-hybridized carbons (Fsp3) is 0.316. The van der Waals surface area contributed by atoms with Crippen molar-refractivity contribution in [3.63, 3.8) is 0 Å². The molecule has 0 spiro atoms. The van der Waals surface area contributed by atoms with Crippen LogP contribution in [0.25, 0.3) is 10.9 Å². The Morgan fingerprint density at radius 1 is 1.08 bits per heavy atom. The van der Waals surface area contributed by atoms with Gasteiger partial charge in [0.1, 0.15) is 38.9 Å². The van der Waals surface area contributed by atoms with Crippen LogP contribution in [0.2, 0.25) is 0 Å². The van der Waals surface area contributed by atoms with Gasteiger partial charge in [0.15, 0.2) is 0 Å². The Bertz CT molecular complexity index is 878. The Balaban J connectivity index is 1.38. The molecule has 3 aromatic rings. The van der Waals surface area contributed by atoms with Crippen molar-refractivity contribution in [2.24, 2.45) is 0 Å². The third-order valence-corrected chi connectivity index (χ3v) is 5.05. The number of nitrogens with zero attached hydrogens (tertiary/aromatic N) is 1. The summed E-state index contributed by atoms with van der Waals surface area (Å²) in [5, 5.41) is 1.26. The number of para-hydroxylation sites is 1. The number of aromatic amines is 2. The fourth-order valence-corrected chi connectivity index (χ4v) is 3.58. The van der Waals surface area contributed by atoms with E-state index in [-0.39, 0.29) is 0 Å². The number of hydrogen-bond donors (Lipinski definition) is 2. The second-order valence-electron chi connectivity index (χ2n) is 6.73. The molecular formula is C19H21F3N4+2. The van der Waals surface area contributed by atoms with Gasteiger partial charge >= 0.3 is 6.18 Å². The van der Waals surface area contributed by atoms with Crippen LogP contribution in [-0.2, 0) is 12.7 Å². The largest absolute Gasteiger partial charge is 0.419 e. The second-order valence-corrected chi connectivity index (χ2v) is 6.73. The first-order valence-electron chi connectivity index (χ1n) is 8.73. The first-order chi connectivity index (χ1) is 12.5. The van der Waals surface area contributed by atoms with E-state index in [4.69, 9.17) is 0 Å². The standard InChI is InChI=1S/C19H19F3N4/c20-19(21,22)15-5-6-18(24-12-15)26-9-7-25(8-10-26)13-14-11-23-17-4-2-1-3-16(14)17/h1-6,11-12,23H,7-10,13H2/p+2. The van der Waals surface area contributed by atoms with E-state index in [0.29, 0.717) is 0 Å². The highest BCUT2D eigenvalue weighted by Gasteiger charge is 2.33. The molecule has 7 heteroatoms. The molecule has 26 heavy (non-hydrogen) atoms. The number of anilines is 1. The first kappa shape index (κ1) is 16.9. The fourth-order valence-electron chi connectivity index (χ4n) is 3.58. The van der Waals surface area contributed by atoms with Crippen molar-refractivity contribution in [1.29, 1.82) is 0 Å². The topological polar surface area (TPSA) is 37.6 Å². The van der Waals surface area contributed by atoms with E-state index >= 15 is 0 Å². The molecule has 4 nitrogen and oxygen atoms in total. The number of H-pyrrole nitrogens is 2. The summed E-state index contributed by atoms with van der Waals surface area (Å²) in [6.45, 7) is 4.50. The molecule has 1 fully saturated rings. The van der Waals surface area contributed by atoms with Crippen molar-refractivity contribution in [3.05, 3.63) is 59.9 Å². The van der Waals surface area contributed by atoms with Gasteiger partial charge in [0.05, 0.1) is 5.56 Å². The summed E-state index contributed by atoms with van der Waals surface area (Å²) in [6, 6.07) is 10.9. The number of rotatable bonds is 3. The molecule has 1 saturated heterocycles. The summed E-state index contributed by atoms with van der Waals surface area (Å²) < 4.78 is 38.0. The van der Waals surface area contributed by atoms with Crippen LogP contribution < -0.4 is 14.8 Å². The predicted molar refractivity (Wildman–Crippen MR) is 92.9 cm³/mol. The van der Waals surface area contributed by atoms with Gasteiger partial charge < -0.3 is 9.88 Å². The highest BCUT2D eigenvalue weighted by molar-refractivity contribution is 5.82. The average Bonchev–Trinajstić information content (AvgIpc) is 3.05. The highest BCUT2D eigenvalue weighted by atomic mass is 19.4. The maximum Gasteiger partial charge on any atom is 0.419 e. The van der Waals surface area contributed by atoms with Gasteiger partial charge in [0.25, 0.3) is 5.82 Å². The number of aromatic nitrogens is 2. The summed E-state index contributed by atoms with van der Waals surface area (Å²) in [6.07, 6.45) is -1.19. The molecule has 0 unspecified atom stereocenters. The van der Waals surface area contributed by atoms with Crippen LogP contribution in [0.3, 0.4) is 0 Å². The molecule has 3 N–H and O–H groups in total. The lowest BCUT2D eigenvalue weighted by molar-refractivity contribution is -0.914. The molecule has 0 saturated carbocycles. The van der Waals surface area contributed by atoms with E-state index in [0.717, 1.165) is 56.3 Å². The first-order valence-corrected chi connectivity index (χ1v) is 8.73. The Morgan fingerprint density at radius 2 is 1.85 bits per heavy atom. The van der Waals surface area contributed by atoms with Crippen molar-refractivity contribution < 1.29 is 23.1 Å². The van der Waals surface area contributed by atoms with Gasteiger partial charge in [-0.05, 0) is 12.1 Å². The third kappa shape index (κ3) is 3.39. The molecule has 1 aliphatic rings. The summed E-state index contributed by atoms with van der Waals surface area (Å²) >= 11 is 0. The van der Waals surface area contributed by atoms with Crippen LogP contribution in [0.4, 0.5) is 19.0 Å². The van der Waals surface area contributed by atoms with Crippen molar-refractivity contribution >= 4 is 16.7 Å². The Morgan fingerprint density at radius 3 is 2.54 bits per heavy atom. The monoisotopic (exact) mass is 362 g/mol. The molecular weight excluding hydrogens is 341 g/mol. The molecule has 1 aliphatic heterocycles. The Kier molecular flexibility index (Phi) is 4.32. The van der Waals surface area contributed by atoms with Crippen molar-refractivity contribution in [2.75, 3.05) is 31.1 Å². The smallest absolute Gasteiger partial charge is 0.361 e. The summed E-state index contributed by atoms with van der Waals surface area (Å²) in [7, 11) is 0. The van der Waals surface area contributed by atoms with E-state index in [1.807, 2.05) is 12.1 Å². The number of halogens is 3. The SMILES string of the molecule is FC(F)(F)c1ccc(N2CC[NH+](Cc3c[nH]c4ccccc34)CC2)[nH+]c1. The molecule has 0 bridgehead atoms. The number of hydrogen-bond acceptors (Lipinski definition) is 1. The number of fused-ring (bicyclic) bond motifs is 1. The maximum atomic E-state index is 12.7. The van der Waals surface area contributed by atoms with Crippen LogP contribution in [-0.4, -0.2) is 31.2 Å². The summed E-state index contributed by atoms with van der Waals surface area (Å²) in [5.41, 5.74) is 1.81. The zero-order valence-electron chi connectivity index (χ0n) is 14.2. The number of quaternary nitrogens is 1. The lowest BCUT2D eigenvalue weighted by atomic mass is 10.1. The van der Waals surface area contributed by atoms with Crippen LogP contribution in [0, 0.1) is 0 Å². The predicted octanol–water partition coefficient (Wildman–Crippen LogP) is 1.91. The zero-order valence-corrected chi connectivity index (χ0v) is 14.2. The molecule has 0 aliphatic carbocycles. The molecule has 1 aromatic carbocycles. The molecule has 3 heterocycles. The van der Waals surface area contributed by atoms with Gasteiger partial charge in [0, 0.05) is 28.7 Å². The summed E-state index contributed by atoms with van der Waals surface area (Å²) in [5.74, 6) is 0.740. The van der Waals surface area contributed by atoms with Gasteiger partial charge in [-0.1, -0.05) is 18.2 Å². The number of benzene rings is 1. The van der Waals surface area contributed by atoms with E-state index < -0.39 is 11.7 Å². The molecule has 4 rings (SSSR count). The molecule has 136 valence electrons. The van der Waals surface area contributed by atoms with Crippen molar-refractivity contribution in [2.45, 2.75) is 12.7 Å². The zero-order chi connectivity index (χ0) is 18.1. The lowest BCUT2D eigenvalue weighted by Gasteiger charge is -2.28. The third-order valence-electron chi connectivity index (χ3n) is 5.05. The average molecular weight is 362 g/mol.